The van der Waals surface area contributed by atoms with E-state index >= 15 is 0 Å². The van der Waals surface area contributed by atoms with Gasteiger partial charge in [-0.3, -0.25) is 4.79 Å². The van der Waals surface area contributed by atoms with Crippen molar-refractivity contribution in [2.24, 2.45) is 5.41 Å². The number of aliphatic hydroxyl groups is 1. The molecule has 0 saturated carbocycles. The highest BCUT2D eigenvalue weighted by Gasteiger charge is 2.36. The standard InChI is InChI=1S/C18H25N5O2/c24-14-18(10-7-16-5-2-1-3-6-16)9-4-11-22(13-18)17(25)8-12-23-15-19-20-21-23/h1-3,5-6,15,24H,4,7-14H2/t18-/m1/s1. The van der Waals surface area contributed by atoms with Crippen molar-refractivity contribution in [3.05, 3.63) is 42.2 Å². The molecule has 7 nitrogen and oxygen atoms in total. The van der Waals surface area contributed by atoms with Crippen LogP contribution < -0.4 is 0 Å². The van der Waals surface area contributed by atoms with Gasteiger partial charge in [0.15, 0.2) is 0 Å². The van der Waals surface area contributed by atoms with Crippen molar-refractivity contribution < 1.29 is 9.90 Å². The van der Waals surface area contributed by atoms with Gasteiger partial charge in [-0.1, -0.05) is 30.3 Å². The van der Waals surface area contributed by atoms with Gasteiger partial charge in [-0.05, 0) is 41.7 Å². The van der Waals surface area contributed by atoms with Gasteiger partial charge >= 0.3 is 0 Å². The van der Waals surface area contributed by atoms with E-state index in [9.17, 15) is 9.90 Å². The van der Waals surface area contributed by atoms with Crippen LogP contribution in [0, 0.1) is 5.41 Å². The molecule has 2 aromatic rings. The van der Waals surface area contributed by atoms with Gasteiger partial charge in [0, 0.05) is 24.9 Å². The van der Waals surface area contributed by atoms with E-state index in [2.05, 4.69) is 27.7 Å². The lowest BCUT2D eigenvalue weighted by Gasteiger charge is -2.42. The van der Waals surface area contributed by atoms with Crippen LogP contribution in [0.15, 0.2) is 36.7 Å². The van der Waals surface area contributed by atoms with Crippen molar-refractivity contribution in [3.63, 3.8) is 0 Å². The highest BCUT2D eigenvalue weighted by atomic mass is 16.3. The number of likely N-dealkylation sites (tertiary alicyclic amines) is 1. The van der Waals surface area contributed by atoms with Gasteiger partial charge in [0.1, 0.15) is 6.33 Å². The predicted molar refractivity (Wildman–Crippen MR) is 92.5 cm³/mol. The first-order valence-corrected chi connectivity index (χ1v) is 8.84. The van der Waals surface area contributed by atoms with Gasteiger partial charge in [-0.2, -0.15) is 0 Å². The minimum atomic E-state index is -0.196. The second-order valence-corrected chi connectivity index (χ2v) is 6.89. The SMILES string of the molecule is O=C(CCn1cnnn1)N1CCC[C@@](CO)(CCc2ccccc2)C1. The van der Waals surface area contributed by atoms with E-state index in [-0.39, 0.29) is 17.9 Å². The zero-order valence-electron chi connectivity index (χ0n) is 14.4. The van der Waals surface area contributed by atoms with Crippen LogP contribution in [-0.2, 0) is 17.8 Å². The summed E-state index contributed by atoms with van der Waals surface area (Å²) < 4.78 is 1.57. The third kappa shape index (κ3) is 4.63. The summed E-state index contributed by atoms with van der Waals surface area (Å²) in [4.78, 5) is 14.4. The van der Waals surface area contributed by atoms with Gasteiger partial charge < -0.3 is 10.0 Å². The summed E-state index contributed by atoms with van der Waals surface area (Å²) in [5.74, 6) is 0.104. The molecule has 134 valence electrons. The number of carbonyl (C=O) groups is 1. The maximum atomic E-state index is 12.5. The molecule has 25 heavy (non-hydrogen) atoms. The first-order valence-electron chi connectivity index (χ1n) is 8.84. The largest absolute Gasteiger partial charge is 0.396 e. The van der Waals surface area contributed by atoms with Gasteiger partial charge in [0.25, 0.3) is 0 Å². The Balaban J connectivity index is 1.56. The molecule has 1 fully saturated rings. The summed E-state index contributed by atoms with van der Waals surface area (Å²) in [5.41, 5.74) is 1.08. The van der Waals surface area contributed by atoms with Crippen LogP contribution in [-0.4, -0.2) is 55.8 Å². The number of aromatic nitrogens is 4. The van der Waals surface area contributed by atoms with E-state index < -0.39 is 0 Å². The average Bonchev–Trinajstić information content (AvgIpc) is 3.19. The molecular weight excluding hydrogens is 318 g/mol. The van der Waals surface area contributed by atoms with E-state index in [4.69, 9.17) is 0 Å². The lowest BCUT2D eigenvalue weighted by molar-refractivity contribution is -0.136. The molecule has 1 aliphatic heterocycles. The lowest BCUT2D eigenvalue weighted by Crippen LogP contribution is -2.48. The summed E-state index contributed by atoms with van der Waals surface area (Å²) in [5, 5.41) is 21.0. The molecule has 7 heteroatoms. The third-order valence-corrected chi connectivity index (χ3v) is 5.08. The van der Waals surface area contributed by atoms with Crippen LogP contribution in [0.2, 0.25) is 0 Å². The van der Waals surface area contributed by atoms with Crippen molar-refractivity contribution in [2.45, 2.75) is 38.6 Å². The highest BCUT2D eigenvalue weighted by Crippen LogP contribution is 2.34. The molecule has 0 spiro atoms. The topological polar surface area (TPSA) is 84.1 Å². The maximum absolute atomic E-state index is 12.5. The van der Waals surface area contributed by atoms with Crippen molar-refractivity contribution in [1.29, 1.82) is 0 Å². The number of carbonyl (C=O) groups excluding carboxylic acids is 1. The Labute approximate surface area is 147 Å². The zero-order valence-corrected chi connectivity index (χ0v) is 14.4. The minimum absolute atomic E-state index is 0.104. The van der Waals surface area contributed by atoms with Crippen LogP contribution in [0.1, 0.15) is 31.2 Å². The molecule has 0 aliphatic carbocycles. The molecular formula is C18H25N5O2. The van der Waals surface area contributed by atoms with Crippen LogP contribution in [0.5, 0.6) is 0 Å². The fraction of sp³-hybridized carbons (Fsp3) is 0.556. The van der Waals surface area contributed by atoms with Gasteiger partial charge in [0.2, 0.25) is 5.91 Å². The van der Waals surface area contributed by atoms with Crippen molar-refractivity contribution in [1.82, 2.24) is 25.1 Å². The number of rotatable bonds is 7. The van der Waals surface area contributed by atoms with E-state index in [1.54, 1.807) is 4.68 Å². The Morgan fingerprint density at radius 3 is 2.84 bits per heavy atom. The van der Waals surface area contributed by atoms with Crippen LogP contribution in [0.3, 0.4) is 0 Å². The van der Waals surface area contributed by atoms with Crippen molar-refractivity contribution >= 4 is 5.91 Å². The lowest BCUT2D eigenvalue weighted by atomic mass is 9.76. The number of amides is 1. The van der Waals surface area contributed by atoms with Crippen molar-refractivity contribution in [3.8, 4) is 0 Å². The molecule has 1 aliphatic rings. The fourth-order valence-electron chi connectivity index (χ4n) is 3.54. The minimum Gasteiger partial charge on any atom is -0.396 e. The molecule has 1 N–H and O–H groups in total. The zero-order chi connectivity index (χ0) is 17.5. The molecule has 1 aromatic heterocycles. The summed E-state index contributed by atoms with van der Waals surface area (Å²) in [6, 6.07) is 10.3. The first kappa shape index (κ1) is 17.5. The highest BCUT2D eigenvalue weighted by molar-refractivity contribution is 5.76. The van der Waals surface area contributed by atoms with Gasteiger partial charge in [-0.25, -0.2) is 4.68 Å². The number of nitrogens with zero attached hydrogens (tertiary/aromatic N) is 5. The monoisotopic (exact) mass is 343 g/mol. The Kier molecular flexibility index (Phi) is 5.75. The number of aryl methyl sites for hydroxylation is 2. The summed E-state index contributed by atoms with van der Waals surface area (Å²) in [6.45, 7) is 2.00. The van der Waals surface area contributed by atoms with E-state index in [0.29, 0.717) is 19.5 Å². The fourth-order valence-corrected chi connectivity index (χ4v) is 3.54. The molecule has 0 unspecified atom stereocenters. The number of hydrogen-bond donors (Lipinski definition) is 1. The smallest absolute Gasteiger partial charge is 0.224 e. The van der Waals surface area contributed by atoms with E-state index in [1.165, 1.54) is 11.9 Å². The number of benzene rings is 1. The summed E-state index contributed by atoms with van der Waals surface area (Å²) in [6.07, 6.45) is 5.62. The predicted octanol–water partition coefficient (Wildman–Crippen LogP) is 1.30. The first-order chi connectivity index (χ1) is 12.2. The second kappa shape index (κ2) is 8.20. The molecule has 3 rings (SSSR count). The summed E-state index contributed by atoms with van der Waals surface area (Å²) in [7, 11) is 0. The maximum Gasteiger partial charge on any atom is 0.224 e. The number of tetrazole rings is 1. The molecule has 2 heterocycles. The molecule has 1 atom stereocenters. The number of piperidine rings is 1. The molecule has 1 aromatic carbocycles. The van der Waals surface area contributed by atoms with Gasteiger partial charge in [0.05, 0.1) is 13.2 Å². The Morgan fingerprint density at radius 1 is 1.28 bits per heavy atom. The van der Waals surface area contributed by atoms with Crippen molar-refractivity contribution in [2.75, 3.05) is 19.7 Å². The molecule has 0 bridgehead atoms. The quantitative estimate of drug-likeness (QED) is 0.819. The second-order valence-electron chi connectivity index (χ2n) is 6.89. The number of aliphatic hydroxyl groups excluding tert-OH is 1. The van der Waals surface area contributed by atoms with Gasteiger partial charge in [-0.15, -0.1) is 5.10 Å². The van der Waals surface area contributed by atoms with Crippen LogP contribution in [0.25, 0.3) is 0 Å². The van der Waals surface area contributed by atoms with Crippen LogP contribution in [0.4, 0.5) is 0 Å². The molecule has 1 saturated heterocycles. The molecule has 0 radical (unpaired) electrons. The summed E-state index contributed by atoms with van der Waals surface area (Å²) >= 11 is 0. The Morgan fingerprint density at radius 2 is 2.12 bits per heavy atom. The average molecular weight is 343 g/mol. The normalized spacial score (nSPS) is 20.6. The molecule has 1 amide bonds. The van der Waals surface area contributed by atoms with E-state index in [0.717, 1.165) is 32.2 Å². The third-order valence-electron chi connectivity index (χ3n) is 5.08. The Hall–Kier alpha value is -2.28. The Bertz CT molecular complexity index is 661. The van der Waals surface area contributed by atoms with Crippen LogP contribution >= 0.6 is 0 Å². The number of hydrogen-bond acceptors (Lipinski definition) is 5. The van der Waals surface area contributed by atoms with E-state index in [1.807, 2.05) is 23.1 Å².